The molecule has 2 atom stereocenters. The molecule has 2 amide bonds. The van der Waals surface area contributed by atoms with E-state index in [4.69, 9.17) is 4.74 Å². The number of ether oxygens (including phenoxy) is 1. The molecule has 2 N–H and O–H groups in total. The smallest absolute Gasteiger partial charge is 0.329 e. The number of hydrogen-bond donors (Lipinski definition) is 2. The van der Waals surface area contributed by atoms with E-state index in [-0.39, 0.29) is 23.9 Å². The van der Waals surface area contributed by atoms with Crippen molar-refractivity contribution in [3.05, 3.63) is 65.5 Å². The topological polar surface area (TPSA) is 84.5 Å². The fourth-order valence-corrected chi connectivity index (χ4v) is 2.72. The van der Waals surface area contributed by atoms with Crippen molar-refractivity contribution >= 4 is 23.5 Å². The van der Waals surface area contributed by atoms with Crippen LogP contribution < -0.4 is 10.6 Å². The number of carbonyl (C=O) groups is 3. The standard InChI is InChI=1S/C23H27FN2O4/c1-14(2)21(26-20(27)12-17-8-6-5-7-9-17)23(29)30-16(4)22(28)25-18-11-10-15(3)19(24)13-18/h5-11,13-14,16,21H,12H2,1-4H3,(H,25,28)(H,26,27)/t16?,21-/m0/s1. The summed E-state index contributed by atoms with van der Waals surface area (Å²) in [4.78, 5) is 37.2. The highest BCUT2D eigenvalue weighted by atomic mass is 19.1. The third-order valence-electron chi connectivity index (χ3n) is 4.55. The maximum absolute atomic E-state index is 13.6. The molecule has 2 aromatic rings. The number of hydrogen-bond acceptors (Lipinski definition) is 4. The monoisotopic (exact) mass is 414 g/mol. The molecular weight excluding hydrogens is 387 g/mol. The predicted octanol–water partition coefficient (Wildman–Crippen LogP) is 3.39. The molecule has 0 aliphatic rings. The van der Waals surface area contributed by atoms with Crippen LogP contribution >= 0.6 is 0 Å². The Kier molecular flexibility index (Phi) is 8.09. The lowest BCUT2D eigenvalue weighted by Gasteiger charge is -2.23. The molecule has 0 saturated carbocycles. The van der Waals surface area contributed by atoms with Gasteiger partial charge in [-0.3, -0.25) is 9.59 Å². The molecule has 0 bridgehead atoms. The molecule has 160 valence electrons. The third kappa shape index (κ3) is 6.69. The van der Waals surface area contributed by atoms with Crippen LogP contribution in [0.1, 0.15) is 31.9 Å². The first kappa shape index (κ1) is 23.1. The van der Waals surface area contributed by atoms with E-state index in [0.717, 1.165) is 5.56 Å². The minimum Gasteiger partial charge on any atom is -0.451 e. The Labute approximate surface area is 175 Å². The molecule has 0 aromatic heterocycles. The number of halogens is 1. The molecule has 0 radical (unpaired) electrons. The molecule has 7 heteroatoms. The normalized spacial score (nSPS) is 12.7. The summed E-state index contributed by atoms with van der Waals surface area (Å²) in [6.07, 6.45) is -0.985. The molecule has 30 heavy (non-hydrogen) atoms. The zero-order chi connectivity index (χ0) is 22.3. The van der Waals surface area contributed by atoms with Crippen LogP contribution in [0.5, 0.6) is 0 Å². The highest BCUT2D eigenvalue weighted by Gasteiger charge is 2.29. The Balaban J connectivity index is 1.94. The van der Waals surface area contributed by atoms with E-state index in [1.54, 1.807) is 32.9 Å². The summed E-state index contributed by atoms with van der Waals surface area (Å²) in [6.45, 7) is 6.58. The lowest BCUT2D eigenvalue weighted by Crippen LogP contribution is -2.47. The number of nitrogens with one attached hydrogen (secondary N) is 2. The van der Waals surface area contributed by atoms with Crippen LogP contribution in [-0.4, -0.2) is 29.9 Å². The second-order valence-electron chi connectivity index (χ2n) is 7.48. The van der Waals surface area contributed by atoms with Crippen LogP contribution in [0.4, 0.5) is 10.1 Å². The summed E-state index contributed by atoms with van der Waals surface area (Å²) < 4.78 is 18.9. The van der Waals surface area contributed by atoms with Crippen LogP contribution in [0.2, 0.25) is 0 Å². The molecular formula is C23H27FN2O4. The van der Waals surface area contributed by atoms with Crippen molar-refractivity contribution in [3.63, 3.8) is 0 Å². The highest BCUT2D eigenvalue weighted by Crippen LogP contribution is 2.14. The molecule has 0 saturated heterocycles. The van der Waals surface area contributed by atoms with E-state index in [1.165, 1.54) is 13.0 Å². The number of carbonyl (C=O) groups excluding carboxylic acids is 3. The van der Waals surface area contributed by atoms with Crippen molar-refractivity contribution in [2.24, 2.45) is 5.92 Å². The zero-order valence-electron chi connectivity index (χ0n) is 17.6. The Bertz CT molecular complexity index is 899. The first-order valence-electron chi connectivity index (χ1n) is 9.78. The lowest BCUT2D eigenvalue weighted by molar-refractivity contribution is -0.157. The largest absolute Gasteiger partial charge is 0.451 e. The number of aryl methyl sites for hydroxylation is 1. The van der Waals surface area contributed by atoms with Gasteiger partial charge in [0.15, 0.2) is 6.10 Å². The maximum atomic E-state index is 13.6. The molecule has 1 unspecified atom stereocenters. The predicted molar refractivity (Wildman–Crippen MR) is 112 cm³/mol. The fraction of sp³-hybridized carbons (Fsp3) is 0.348. The second kappa shape index (κ2) is 10.5. The zero-order valence-corrected chi connectivity index (χ0v) is 17.6. The summed E-state index contributed by atoms with van der Waals surface area (Å²) in [6, 6.07) is 12.6. The maximum Gasteiger partial charge on any atom is 0.329 e. The number of esters is 1. The van der Waals surface area contributed by atoms with Crippen molar-refractivity contribution in [3.8, 4) is 0 Å². The van der Waals surface area contributed by atoms with Gasteiger partial charge in [-0.15, -0.1) is 0 Å². The van der Waals surface area contributed by atoms with Crippen molar-refractivity contribution in [2.75, 3.05) is 5.32 Å². The summed E-state index contributed by atoms with van der Waals surface area (Å²) in [7, 11) is 0. The van der Waals surface area contributed by atoms with Crippen LogP contribution in [0.3, 0.4) is 0 Å². The summed E-state index contributed by atoms with van der Waals surface area (Å²) in [5, 5.41) is 5.19. The van der Waals surface area contributed by atoms with Gasteiger partial charge in [0.05, 0.1) is 6.42 Å². The van der Waals surface area contributed by atoms with Gasteiger partial charge < -0.3 is 15.4 Å². The third-order valence-corrected chi connectivity index (χ3v) is 4.55. The van der Waals surface area contributed by atoms with Gasteiger partial charge in [0.2, 0.25) is 5.91 Å². The van der Waals surface area contributed by atoms with E-state index < -0.39 is 29.8 Å². The van der Waals surface area contributed by atoms with Crippen molar-refractivity contribution < 1.29 is 23.5 Å². The molecule has 6 nitrogen and oxygen atoms in total. The summed E-state index contributed by atoms with van der Waals surface area (Å²) in [5.74, 6) is -2.30. The van der Waals surface area contributed by atoms with Gasteiger partial charge in [0.25, 0.3) is 5.91 Å². The van der Waals surface area contributed by atoms with E-state index in [1.807, 2.05) is 30.3 Å². The molecule has 0 aliphatic carbocycles. The van der Waals surface area contributed by atoms with Gasteiger partial charge in [0.1, 0.15) is 11.9 Å². The Morgan fingerprint density at radius 3 is 2.30 bits per heavy atom. The number of amides is 2. The fourth-order valence-electron chi connectivity index (χ4n) is 2.72. The van der Waals surface area contributed by atoms with Gasteiger partial charge in [0, 0.05) is 5.69 Å². The second-order valence-corrected chi connectivity index (χ2v) is 7.48. The Hall–Kier alpha value is -3.22. The van der Waals surface area contributed by atoms with Gasteiger partial charge in [-0.1, -0.05) is 50.2 Å². The average molecular weight is 414 g/mol. The van der Waals surface area contributed by atoms with Crippen LogP contribution in [0.15, 0.2) is 48.5 Å². The minimum absolute atomic E-state index is 0.131. The number of rotatable bonds is 8. The van der Waals surface area contributed by atoms with E-state index >= 15 is 0 Å². The number of benzene rings is 2. The van der Waals surface area contributed by atoms with Gasteiger partial charge >= 0.3 is 5.97 Å². The molecule has 0 fully saturated rings. The SMILES string of the molecule is Cc1ccc(NC(=O)C(C)OC(=O)[C@@H](NC(=O)Cc2ccccc2)C(C)C)cc1F. The Morgan fingerprint density at radius 2 is 1.70 bits per heavy atom. The van der Waals surface area contributed by atoms with E-state index in [2.05, 4.69) is 10.6 Å². The molecule has 0 spiro atoms. The highest BCUT2D eigenvalue weighted by molar-refractivity contribution is 5.95. The summed E-state index contributed by atoms with van der Waals surface area (Å²) in [5.41, 5.74) is 1.55. The van der Waals surface area contributed by atoms with Gasteiger partial charge in [-0.2, -0.15) is 0 Å². The van der Waals surface area contributed by atoms with Gasteiger partial charge in [-0.25, -0.2) is 9.18 Å². The minimum atomic E-state index is -1.12. The van der Waals surface area contributed by atoms with E-state index in [9.17, 15) is 18.8 Å². The molecule has 0 heterocycles. The Morgan fingerprint density at radius 1 is 1.03 bits per heavy atom. The van der Waals surface area contributed by atoms with Gasteiger partial charge in [-0.05, 0) is 43.0 Å². The van der Waals surface area contributed by atoms with E-state index in [0.29, 0.717) is 5.56 Å². The van der Waals surface area contributed by atoms with Crippen molar-refractivity contribution in [2.45, 2.75) is 46.3 Å². The van der Waals surface area contributed by atoms with Crippen LogP contribution in [0.25, 0.3) is 0 Å². The van der Waals surface area contributed by atoms with Crippen molar-refractivity contribution in [1.29, 1.82) is 0 Å². The molecule has 2 aromatic carbocycles. The number of anilines is 1. The quantitative estimate of drug-likeness (QED) is 0.649. The van der Waals surface area contributed by atoms with Crippen LogP contribution in [-0.2, 0) is 25.5 Å². The first-order chi connectivity index (χ1) is 14.2. The van der Waals surface area contributed by atoms with Crippen LogP contribution in [0, 0.1) is 18.7 Å². The van der Waals surface area contributed by atoms with Crippen molar-refractivity contribution in [1.82, 2.24) is 5.32 Å². The lowest BCUT2D eigenvalue weighted by atomic mass is 10.0. The average Bonchev–Trinajstić information content (AvgIpc) is 2.69. The molecule has 0 aliphatic heterocycles. The molecule has 2 rings (SSSR count). The summed E-state index contributed by atoms with van der Waals surface area (Å²) >= 11 is 0. The first-order valence-corrected chi connectivity index (χ1v) is 9.78.